The molecular weight excluding hydrogens is 1040 g/mol. The SMILES string of the molecule is CO/N=C1\C[C@@H](C)O[C@@H](O[C@@H]2[C@@H](C)[C@H](O[C@H]3C[C@H](C)N(C)C[C@H](C)O3)[C@@H](C)C(=O)O[C@H](C(C)CO[C@@H]3O[C@H](C)[C@@H](O)[C@@H](OC)[C@H]3OC)[C@H](C)[C@@H](OC(=O)CC(C)C)[C@@H](C)C(=O)[C@@](C)(OC(=O)NCCc3ccncc3)C[C@@H]2C)[C@@H]1O. The van der Waals surface area contributed by atoms with Crippen LogP contribution in [0, 0.1) is 41.4 Å². The minimum absolute atomic E-state index is 0.00773. The summed E-state index contributed by atoms with van der Waals surface area (Å²) in [4.78, 5) is 70.9. The number of hydrogen-bond donors (Lipinski definition) is 3. The van der Waals surface area contributed by atoms with E-state index in [0.29, 0.717) is 19.4 Å². The minimum Gasteiger partial charge on any atom is -0.461 e. The number of amides is 1. The molecule has 4 saturated heterocycles. The van der Waals surface area contributed by atoms with Crippen LogP contribution in [0.1, 0.15) is 121 Å². The average Bonchev–Trinajstić information content (AvgIpc) is 3.57. The van der Waals surface area contributed by atoms with Gasteiger partial charge in [0, 0.05) is 82.8 Å². The maximum atomic E-state index is 15.8. The molecule has 3 N–H and O–H groups in total. The molecule has 4 aliphatic rings. The highest BCUT2D eigenvalue weighted by Gasteiger charge is 2.53. The molecule has 456 valence electrons. The monoisotopic (exact) mass is 1140 g/mol. The Morgan fingerprint density at radius 3 is 2.16 bits per heavy atom. The summed E-state index contributed by atoms with van der Waals surface area (Å²) in [6.45, 7) is 24.0. The summed E-state index contributed by atoms with van der Waals surface area (Å²) >= 11 is 0. The number of pyridine rings is 1. The van der Waals surface area contributed by atoms with E-state index >= 15 is 9.59 Å². The number of aromatic nitrogens is 1. The quantitative estimate of drug-likeness (QED) is 0.0912. The van der Waals surface area contributed by atoms with E-state index in [-0.39, 0.29) is 56.2 Å². The van der Waals surface area contributed by atoms with Gasteiger partial charge in [0.2, 0.25) is 0 Å². The first-order chi connectivity index (χ1) is 37.7. The number of methoxy groups -OCH3 is 2. The van der Waals surface area contributed by atoms with Crippen LogP contribution in [0.25, 0.3) is 0 Å². The molecule has 4 aliphatic heterocycles. The largest absolute Gasteiger partial charge is 0.461 e. The Hall–Kier alpha value is -3.94. The van der Waals surface area contributed by atoms with E-state index in [1.54, 1.807) is 47.0 Å². The van der Waals surface area contributed by atoms with E-state index < -0.39 is 145 Å². The third-order valence-corrected chi connectivity index (χ3v) is 16.4. The van der Waals surface area contributed by atoms with Gasteiger partial charge in [-0.3, -0.25) is 19.4 Å². The van der Waals surface area contributed by atoms with Crippen LogP contribution in [0.4, 0.5) is 4.79 Å². The molecular formula is C58H96N4O18. The number of hydrogen-bond acceptors (Lipinski definition) is 21. The van der Waals surface area contributed by atoms with Gasteiger partial charge in [-0.2, -0.15) is 0 Å². The van der Waals surface area contributed by atoms with E-state index in [2.05, 4.69) is 27.3 Å². The van der Waals surface area contributed by atoms with Crippen LogP contribution in [0.5, 0.6) is 0 Å². The highest BCUT2D eigenvalue weighted by molar-refractivity contribution is 5.91. The van der Waals surface area contributed by atoms with Crippen molar-refractivity contribution in [1.82, 2.24) is 15.2 Å². The van der Waals surface area contributed by atoms with Crippen LogP contribution in [0.3, 0.4) is 0 Å². The molecule has 80 heavy (non-hydrogen) atoms. The molecule has 4 fully saturated rings. The van der Waals surface area contributed by atoms with Gasteiger partial charge in [0.05, 0.1) is 54.7 Å². The zero-order valence-corrected chi connectivity index (χ0v) is 50.4. The van der Waals surface area contributed by atoms with Gasteiger partial charge >= 0.3 is 18.0 Å². The molecule has 22 heteroatoms. The second-order valence-electron chi connectivity index (χ2n) is 23.7. The number of oxime groups is 1. The summed E-state index contributed by atoms with van der Waals surface area (Å²) in [7, 11) is 6.30. The Kier molecular flexibility index (Phi) is 25.5. The van der Waals surface area contributed by atoms with E-state index in [0.717, 1.165) is 5.56 Å². The van der Waals surface area contributed by atoms with Gasteiger partial charge in [0.1, 0.15) is 43.7 Å². The lowest BCUT2D eigenvalue weighted by molar-refractivity contribution is -0.305. The van der Waals surface area contributed by atoms with E-state index in [9.17, 15) is 19.8 Å². The molecule has 0 saturated carbocycles. The van der Waals surface area contributed by atoms with Gasteiger partial charge < -0.3 is 77.4 Å². The number of aliphatic hydroxyl groups is 2. The number of nitrogens with zero attached hydrogens (tertiary/aromatic N) is 3. The van der Waals surface area contributed by atoms with E-state index in [1.807, 2.05) is 60.7 Å². The predicted molar refractivity (Wildman–Crippen MR) is 293 cm³/mol. The number of likely N-dealkylation sites (N-methyl/N-ethyl adjacent to an activating group) is 1. The summed E-state index contributed by atoms with van der Waals surface area (Å²) in [5, 5.41) is 29.7. The Morgan fingerprint density at radius 2 is 1.52 bits per heavy atom. The molecule has 0 aliphatic carbocycles. The molecule has 1 unspecified atom stereocenters. The highest BCUT2D eigenvalue weighted by Crippen LogP contribution is 2.40. The first kappa shape index (κ1) is 66.9. The van der Waals surface area contributed by atoms with Gasteiger partial charge in [-0.05, 0) is 91.0 Å². The van der Waals surface area contributed by atoms with Crippen molar-refractivity contribution >= 4 is 29.5 Å². The van der Waals surface area contributed by atoms with Crippen LogP contribution in [0.15, 0.2) is 29.7 Å². The van der Waals surface area contributed by atoms with Crippen molar-refractivity contribution in [2.45, 2.75) is 220 Å². The van der Waals surface area contributed by atoms with Crippen LogP contribution in [0.2, 0.25) is 0 Å². The Bertz CT molecular complexity index is 2140. The lowest BCUT2D eigenvalue weighted by Crippen LogP contribution is -2.59. The van der Waals surface area contributed by atoms with Gasteiger partial charge in [0.15, 0.2) is 30.3 Å². The Balaban J connectivity index is 1.69. The van der Waals surface area contributed by atoms with Crippen LogP contribution in [-0.2, 0) is 77.7 Å². The topological polar surface area (TPSA) is 260 Å². The smallest absolute Gasteiger partial charge is 0.408 e. The van der Waals surface area contributed by atoms with Crippen LogP contribution in [-0.4, -0.2) is 195 Å². The second kappa shape index (κ2) is 30.6. The van der Waals surface area contributed by atoms with Crippen LogP contribution < -0.4 is 5.32 Å². The molecule has 1 aromatic rings. The minimum atomic E-state index is -1.95. The van der Waals surface area contributed by atoms with E-state index in [4.69, 9.17) is 56.9 Å². The lowest BCUT2D eigenvalue weighted by Gasteiger charge is -2.45. The summed E-state index contributed by atoms with van der Waals surface area (Å²) in [5.41, 5.74) is -0.748. The molecule has 0 radical (unpaired) electrons. The van der Waals surface area contributed by atoms with E-state index in [1.165, 1.54) is 28.3 Å². The number of aliphatic hydroxyl groups excluding tert-OH is 2. The molecule has 1 amide bonds. The zero-order chi connectivity index (χ0) is 59.3. The van der Waals surface area contributed by atoms with Crippen molar-refractivity contribution in [2.75, 3.05) is 48.1 Å². The van der Waals surface area contributed by atoms with Gasteiger partial charge in [-0.25, -0.2) is 4.79 Å². The fraction of sp³-hybridized carbons (Fsp3) is 0.828. The maximum Gasteiger partial charge on any atom is 0.408 e. The Labute approximate surface area is 474 Å². The zero-order valence-electron chi connectivity index (χ0n) is 50.4. The fourth-order valence-electron chi connectivity index (χ4n) is 11.9. The van der Waals surface area contributed by atoms with Crippen molar-refractivity contribution < 1.29 is 86.3 Å². The van der Waals surface area contributed by atoms with Crippen molar-refractivity contribution in [1.29, 1.82) is 0 Å². The van der Waals surface area contributed by atoms with Crippen molar-refractivity contribution in [2.24, 2.45) is 46.6 Å². The molecule has 1 aromatic heterocycles. The summed E-state index contributed by atoms with van der Waals surface area (Å²) in [6, 6.07) is 3.68. The van der Waals surface area contributed by atoms with Gasteiger partial charge in [-0.1, -0.05) is 53.6 Å². The first-order valence-electron chi connectivity index (χ1n) is 28.6. The third-order valence-electron chi connectivity index (χ3n) is 16.4. The number of ether oxygens (including phenoxy) is 11. The number of cyclic esters (lactones) is 1. The number of esters is 2. The average molecular weight is 1140 g/mol. The van der Waals surface area contributed by atoms with Crippen molar-refractivity contribution in [3.05, 3.63) is 30.1 Å². The summed E-state index contributed by atoms with van der Waals surface area (Å²) in [6.07, 6.45) is -9.76. The standard InChI is InChI=1S/C58H96N4O18/c1-30(2)24-43(63)76-49-37(9)48(32(4)29-72-56-52(70-16)51(69-15)45(64)40(12)75-56)78-54(67)39(11)50(77-44-25-33(5)62(14)28-35(7)73-44)36(8)47(79-55-46(65)42(61-71-17)26-34(6)74-55)31(3)27-58(13,53(66)38(49)10)80-57(68)60-23-20-41-18-21-59-22-19-41/h18-19,21-22,30-40,44-52,55-56,64-65H,20,23-29H2,1-17H3,(H,60,68)/b61-42+/t31-,32?,33-,34+,35-,36+,37-,38+,39+,40+,44-,45+,46+,47-,48+,49+,50-,51+,52+,55-,56+,58-/m0/s1. The molecule has 5 heterocycles. The van der Waals surface area contributed by atoms with Crippen molar-refractivity contribution in [3.8, 4) is 0 Å². The summed E-state index contributed by atoms with van der Waals surface area (Å²) in [5.74, 6) is -7.39. The number of carbonyl (C=O) groups is 4. The lowest BCUT2D eigenvalue weighted by atomic mass is 9.74. The summed E-state index contributed by atoms with van der Waals surface area (Å²) < 4.78 is 70.4. The highest BCUT2D eigenvalue weighted by atomic mass is 16.7. The fourth-order valence-corrected chi connectivity index (χ4v) is 11.9. The number of ketones is 1. The number of nitrogens with one attached hydrogen (secondary N) is 1. The van der Waals surface area contributed by atoms with Crippen LogP contribution >= 0.6 is 0 Å². The van der Waals surface area contributed by atoms with Crippen molar-refractivity contribution in [3.63, 3.8) is 0 Å². The second-order valence-corrected chi connectivity index (χ2v) is 23.7. The van der Waals surface area contributed by atoms with Gasteiger partial charge in [-0.15, -0.1) is 0 Å². The molecule has 22 nitrogen and oxygen atoms in total. The number of Topliss-reactive ketones (excluding diaryl/α,β-unsaturated/α-hetero) is 1. The number of carbonyl (C=O) groups excluding carboxylic acids is 4. The number of rotatable bonds is 18. The molecule has 0 spiro atoms. The van der Waals surface area contributed by atoms with Gasteiger partial charge in [0.25, 0.3) is 0 Å². The Morgan fingerprint density at radius 1 is 0.850 bits per heavy atom. The first-order valence-corrected chi connectivity index (χ1v) is 28.6. The third kappa shape index (κ3) is 17.6. The predicted octanol–water partition coefficient (Wildman–Crippen LogP) is 5.64. The maximum absolute atomic E-state index is 15.8. The molecule has 22 atom stereocenters. The normalized spacial score (nSPS) is 39.1. The molecule has 5 rings (SSSR count). The molecule has 0 bridgehead atoms. The number of alkyl carbamates (subject to hydrolysis) is 1. The molecule has 0 aromatic carbocycles.